The fraction of sp³-hybridized carbons (Fsp3) is 0.429. The summed E-state index contributed by atoms with van der Waals surface area (Å²) in [6.45, 7) is 1.59. The quantitative estimate of drug-likeness (QED) is 0.600. The second kappa shape index (κ2) is 9.44. The zero-order chi connectivity index (χ0) is 20.9. The van der Waals surface area contributed by atoms with E-state index in [1.54, 1.807) is 24.5 Å². The topological polar surface area (TPSA) is 91.2 Å². The fourth-order valence-corrected chi connectivity index (χ4v) is 4.61. The molecule has 3 aromatic rings. The van der Waals surface area contributed by atoms with Crippen molar-refractivity contribution in [3.8, 4) is 10.6 Å². The number of nitrogens with zero attached hydrogens (tertiary/aromatic N) is 4. The molecular formula is C21H24FN5O2S. The molecule has 4 rings (SSSR count). The minimum absolute atomic E-state index is 0.0929. The van der Waals surface area contributed by atoms with Gasteiger partial charge >= 0.3 is 0 Å². The first-order chi connectivity index (χ1) is 14.7. The average molecular weight is 430 g/mol. The first-order valence-electron chi connectivity index (χ1n) is 10.1. The molecule has 0 bridgehead atoms. The van der Waals surface area contributed by atoms with Crippen LogP contribution >= 0.6 is 11.3 Å². The maximum absolute atomic E-state index is 12.5. The largest absolute Gasteiger partial charge is 0.395 e. The van der Waals surface area contributed by atoms with E-state index in [4.69, 9.17) is 5.11 Å². The Kier molecular flexibility index (Phi) is 6.49. The Labute approximate surface area is 178 Å². The molecule has 3 heterocycles. The van der Waals surface area contributed by atoms with E-state index in [0.29, 0.717) is 23.9 Å². The molecule has 158 valence electrons. The number of halogens is 1. The summed E-state index contributed by atoms with van der Waals surface area (Å²) in [6.07, 6.45) is 6.16. The average Bonchev–Trinajstić information content (AvgIpc) is 3.22. The summed E-state index contributed by atoms with van der Waals surface area (Å²) in [4.78, 5) is 27.9. The van der Waals surface area contributed by atoms with Gasteiger partial charge < -0.3 is 15.3 Å². The molecule has 1 fully saturated rings. The third-order valence-electron chi connectivity index (χ3n) is 5.35. The molecule has 2 N–H and O–H groups in total. The zero-order valence-electron chi connectivity index (χ0n) is 16.6. The van der Waals surface area contributed by atoms with Gasteiger partial charge in [0.15, 0.2) is 0 Å². The molecule has 1 aromatic carbocycles. The van der Waals surface area contributed by atoms with Crippen LogP contribution in [0.4, 0.5) is 10.3 Å². The maximum Gasteiger partial charge on any atom is 0.251 e. The van der Waals surface area contributed by atoms with Crippen LogP contribution in [0.1, 0.15) is 29.6 Å². The number of benzene rings is 1. The number of amides is 1. The van der Waals surface area contributed by atoms with Gasteiger partial charge in [-0.1, -0.05) is 0 Å². The summed E-state index contributed by atoms with van der Waals surface area (Å²) >= 11 is 1.48. The zero-order valence-corrected chi connectivity index (χ0v) is 17.4. The van der Waals surface area contributed by atoms with Crippen molar-refractivity contribution in [3.05, 3.63) is 36.2 Å². The molecular weight excluding hydrogens is 405 g/mol. The number of carbonyl (C=O) groups is 1. The van der Waals surface area contributed by atoms with Crippen molar-refractivity contribution in [2.45, 2.75) is 19.3 Å². The van der Waals surface area contributed by atoms with Gasteiger partial charge in [0.2, 0.25) is 5.95 Å². The van der Waals surface area contributed by atoms with Crippen LogP contribution in [-0.4, -0.2) is 58.9 Å². The first-order valence-corrected chi connectivity index (χ1v) is 10.9. The standard InChI is InChI=1S/C21H24FN5O2S/c22-6-3-14-4-8-27(9-5-14)21-24-12-16(13-25-21)20-26-17-2-1-15(11-18(17)30-20)19(29)23-7-10-28/h1-2,11-14,28H,3-10H2,(H,23,29). The van der Waals surface area contributed by atoms with E-state index in [2.05, 4.69) is 25.2 Å². The van der Waals surface area contributed by atoms with Crippen LogP contribution in [-0.2, 0) is 0 Å². The number of rotatable bonds is 7. The van der Waals surface area contributed by atoms with Gasteiger partial charge in [-0.3, -0.25) is 9.18 Å². The number of aliphatic hydroxyl groups excluding tert-OH is 1. The lowest BCUT2D eigenvalue weighted by molar-refractivity contribution is 0.0945. The van der Waals surface area contributed by atoms with Crippen molar-refractivity contribution in [1.29, 1.82) is 0 Å². The van der Waals surface area contributed by atoms with Crippen molar-refractivity contribution in [1.82, 2.24) is 20.3 Å². The monoisotopic (exact) mass is 429 g/mol. The Hall–Kier alpha value is -2.65. The van der Waals surface area contributed by atoms with Crippen LogP contribution in [0.15, 0.2) is 30.6 Å². The van der Waals surface area contributed by atoms with Gasteiger partial charge in [-0.25, -0.2) is 15.0 Å². The highest BCUT2D eigenvalue weighted by molar-refractivity contribution is 7.21. The van der Waals surface area contributed by atoms with Crippen molar-refractivity contribution in [2.75, 3.05) is 37.8 Å². The SMILES string of the molecule is O=C(NCCO)c1ccc2nc(-c3cnc(N4CCC(CCF)CC4)nc3)sc2c1. The van der Waals surface area contributed by atoms with Crippen LogP contribution in [0.5, 0.6) is 0 Å². The number of nitrogens with one attached hydrogen (secondary N) is 1. The molecule has 30 heavy (non-hydrogen) atoms. The minimum atomic E-state index is -0.243. The van der Waals surface area contributed by atoms with Crippen LogP contribution in [0.2, 0.25) is 0 Å². The number of hydrogen-bond donors (Lipinski definition) is 2. The predicted octanol–water partition coefficient (Wildman–Crippen LogP) is 3.05. The molecule has 0 unspecified atom stereocenters. The van der Waals surface area contributed by atoms with Crippen molar-refractivity contribution in [2.24, 2.45) is 5.92 Å². The number of alkyl halides is 1. The van der Waals surface area contributed by atoms with E-state index in [-0.39, 0.29) is 25.7 Å². The van der Waals surface area contributed by atoms with Gasteiger partial charge in [-0.05, 0) is 43.4 Å². The van der Waals surface area contributed by atoms with Crippen molar-refractivity contribution >= 4 is 33.4 Å². The second-order valence-corrected chi connectivity index (χ2v) is 8.39. The third kappa shape index (κ3) is 4.57. The molecule has 0 saturated carbocycles. The number of aliphatic hydroxyl groups is 1. The number of thiazole rings is 1. The fourth-order valence-electron chi connectivity index (χ4n) is 3.63. The van der Waals surface area contributed by atoms with Crippen LogP contribution in [0.3, 0.4) is 0 Å². The Morgan fingerprint density at radius 3 is 2.73 bits per heavy atom. The summed E-state index contributed by atoms with van der Waals surface area (Å²) < 4.78 is 13.4. The summed E-state index contributed by atoms with van der Waals surface area (Å²) in [5, 5.41) is 12.3. The predicted molar refractivity (Wildman–Crippen MR) is 116 cm³/mol. The second-order valence-electron chi connectivity index (χ2n) is 7.36. The van der Waals surface area contributed by atoms with Crippen LogP contribution < -0.4 is 10.2 Å². The van der Waals surface area contributed by atoms with Gasteiger partial charge in [0.25, 0.3) is 5.91 Å². The number of anilines is 1. The van der Waals surface area contributed by atoms with E-state index in [9.17, 15) is 9.18 Å². The number of piperidine rings is 1. The Bertz CT molecular complexity index is 1000. The minimum Gasteiger partial charge on any atom is -0.395 e. The molecule has 0 radical (unpaired) electrons. The molecule has 9 heteroatoms. The summed E-state index contributed by atoms with van der Waals surface area (Å²) in [5.74, 6) is 0.939. The smallest absolute Gasteiger partial charge is 0.251 e. The van der Waals surface area contributed by atoms with Crippen LogP contribution in [0.25, 0.3) is 20.8 Å². The first kappa shape index (κ1) is 20.6. The number of hydrogen-bond acceptors (Lipinski definition) is 7. The Morgan fingerprint density at radius 2 is 2.03 bits per heavy atom. The highest BCUT2D eigenvalue weighted by Gasteiger charge is 2.21. The molecule has 1 amide bonds. The lowest BCUT2D eigenvalue weighted by atomic mass is 9.94. The summed E-state index contributed by atoms with van der Waals surface area (Å²) in [6, 6.07) is 5.35. The third-order valence-corrected chi connectivity index (χ3v) is 6.42. The lowest BCUT2D eigenvalue weighted by Crippen LogP contribution is -2.34. The van der Waals surface area contributed by atoms with Crippen LogP contribution in [0, 0.1) is 5.92 Å². The number of aromatic nitrogens is 3. The molecule has 1 aliphatic rings. The molecule has 0 spiro atoms. The number of carbonyl (C=O) groups excluding carboxylic acids is 1. The molecule has 0 aliphatic carbocycles. The highest BCUT2D eigenvalue weighted by atomic mass is 32.1. The summed E-state index contributed by atoms with van der Waals surface area (Å²) in [5.41, 5.74) is 2.18. The Balaban J connectivity index is 1.47. The lowest BCUT2D eigenvalue weighted by Gasteiger charge is -2.31. The van der Waals surface area contributed by atoms with Crippen molar-refractivity contribution < 1.29 is 14.3 Å². The van der Waals surface area contributed by atoms with E-state index in [1.165, 1.54) is 11.3 Å². The summed E-state index contributed by atoms with van der Waals surface area (Å²) in [7, 11) is 0. The molecule has 2 aromatic heterocycles. The maximum atomic E-state index is 12.5. The van der Waals surface area contributed by atoms with E-state index < -0.39 is 0 Å². The van der Waals surface area contributed by atoms with Gasteiger partial charge in [0.05, 0.1) is 23.5 Å². The van der Waals surface area contributed by atoms with E-state index in [0.717, 1.165) is 46.7 Å². The number of fused-ring (bicyclic) bond motifs is 1. The normalized spacial score (nSPS) is 14.9. The van der Waals surface area contributed by atoms with Gasteiger partial charge in [0.1, 0.15) is 5.01 Å². The molecule has 0 atom stereocenters. The van der Waals surface area contributed by atoms with Gasteiger partial charge in [-0.15, -0.1) is 11.3 Å². The van der Waals surface area contributed by atoms with Gasteiger partial charge in [0, 0.05) is 43.2 Å². The Morgan fingerprint density at radius 1 is 1.27 bits per heavy atom. The van der Waals surface area contributed by atoms with Crippen molar-refractivity contribution in [3.63, 3.8) is 0 Å². The van der Waals surface area contributed by atoms with E-state index >= 15 is 0 Å². The molecule has 1 saturated heterocycles. The molecule has 7 nitrogen and oxygen atoms in total. The molecule has 1 aliphatic heterocycles. The van der Waals surface area contributed by atoms with E-state index in [1.807, 2.05) is 6.07 Å². The van der Waals surface area contributed by atoms with Gasteiger partial charge in [-0.2, -0.15) is 0 Å². The highest BCUT2D eigenvalue weighted by Crippen LogP contribution is 2.31.